The van der Waals surface area contributed by atoms with E-state index in [9.17, 15) is 38.0 Å². The number of hydrogen-bond donors (Lipinski definition) is 7. The van der Waals surface area contributed by atoms with Gasteiger partial charge in [0.1, 0.15) is 6.61 Å². The van der Waals surface area contributed by atoms with Crippen LogP contribution in [0.2, 0.25) is 0 Å². The SMILES string of the molecule is C#CC1(O)C(n2cc(F)c(=O)[nH]c2=S)OC(F)(COP(=O)(O)OP(=O)(O)OP(=O)(O)O)C1O. The normalized spacial score (nSPS) is 31.5. The van der Waals surface area contributed by atoms with Crippen molar-refractivity contribution in [2.24, 2.45) is 0 Å². The van der Waals surface area contributed by atoms with Crippen molar-refractivity contribution in [2.75, 3.05) is 6.61 Å². The highest BCUT2D eigenvalue weighted by Gasteiger charge is 2.65. The van der Waals surface area contributed by atoms with E-state index in [0.29, 0.717) is 10.8 Å². The van der Waals surface area contributed by atoms with Crippen LogP contribution in [0.4, 0.5) is 8.78 Å². The monoisotopic (exact) mass is 560 g/mol. The Balaban J connectivity index is 2.32. The lowest BCUT2D eigenvalue weighted by Crippen LogP contribution is -2.50. The number of alkyl halides is 1. The van der Waals surface area contributed by atoms with Gasteiger partial charge < -0.3 is 34.5 Å². The molecular weight excluding hydrogens is 547 g/mol. The van der Waals surface area contributed by atoms with E-state index in [-0.39, 0.29) is 0 Å². The maximum Gasteiger partial charge on any atom is 0.490 e. The molecule has 2 rings (SSSR count). The van der Waals surface area contributed by atoms with Gasteiger partial charge in [-0.05, 0) is 12.2 Å². The van der Waals surface area contributed by atoms with Crippen molar-refractivity contribution in [3.8, 4) is 12.3 Å². The fourth-order valence-corrected chi connectivity index (χ4v) is 5.72. The molecule has 2 heterocycles. The number of H-pyrrole nitrogens is 1. The molecule has 0 spiro atoms. The topological polar surface area (TPSA) is 247 Å². The fraction of sp³-hybridized carbons (Fsp3) is 0.455. The van der Waals surface area contributed by atoms with Gasteiger partial charge in [-0.2, -0.15) is 13.0 Å². The number of nitrogens with one attached hydrogen (secondary N) is 1. The number of aromatic amines is 1. The minimum absolute atomic E-state index is 0.342. The van der Waals surface area contributed by atoms with Gasteiger partial charge in [0.15, 0.2) is 17.1 Å². The van der Waals surface area contributed by atoms with E-state index in [1.165, 1.54) is 0 Å². The summed E-state index contributed by atoms with van der Waals surface area (Å²) in [4.78, 5) is 48.5. The Morgan fingerprint density at radius 2 is 1.85 bits per heavy atom. The first kappa shape index (κ1) is 28.1. The van der Waals surface area contributed by atoms with Gasteiger partial charge in [-0.25, -0.2) is 18.1 Å². The first-order chi connectivity index (χ1) is 14.8. The van der Waals surface area contributed by atoms with E-state index >= 15 is 4.39 Å². The van der Waals surface area contributed by atoms with Gasteiger partial charge in [0, 0.05) is 0 Å². The van der Waals surface area contributed by atoms with Crippen LogP contribution >= 0.6 is 35.7 Å². The summed E-state index contributed by atoms with van der Waals surface area (Å²) in [5.74, 6) is -3.64. The Hall–Kier alpha value is -1.19. The van der Waals surface area contributed by atoms with Gasteiger partial charge in [0.25, 0.3) is 11.4 Å². The number of aliphatic hydroxyl groups is 2. The number of terminal acetylenes is 1. The van der Waals surface area contributed by atoms with Crippen LogP contribution in [0.25, 0.3) is 0 Å². The first-order valence-electron chi connectivity index (χ1n) is 7.79. The van der Waals surface area contributed by atoms with E-state index in [1.54, 1.807) is 10.9 Å². The molecule has 1 saturated heterocycles. The smallest absolute Gasteiger partial charge is 0.383 e. The second-order valence-electron chi connectivity index (χ2n) is 6.14. The molecule has 1 fully saturated rings. The quantitative estimate of drug-likeness (QED) is 0.118. The molecule has 1 aromatic rings. The zero-order valence-corrected chi connectivity index (χ0v) is 18.9. The Kier molecular flexibility index (Phi) is 7.75. The van der Waals surface area contributed by atoms with E-state index in [1.807, 2.05) is 0 Å². The molecule has 0 aromatic carbocycles. The van der Waals surface area contributed by atoms with Gasteiger partial charge in [-0.15, -0.1) is 6.42 Å². The highest BCUT2D eigenvalue weighted by molar-refractivity contribution is 7.71. The van der Waals surface area contributed by atoms with E-state index in [4.69, 9.17) is 38.1 Å². The summed E-state index contributed by atoms with van der Waals surface area (Å²) in [7, 11) is -17.5. The Labute approximate surface area is 185 Å². The van der Waals surface area contributed by atoms with Crippen molar-refractivity contribution in [3.63, 3.8) is 0 Å². The number of nitrogens with zero attached hydrogens (tertiary/aromatic N) is 1. The molecule has 16 nitrogen and oxygen atoms in total. The van der Waals surface area contributed by atoms with Gasteiger partial charge >= 0.3 is 23.5 Å². The molecule has 33 heavy (non-hydrogen) atoms. The highest BCUT2D eigenvalue weighted by Crippen LogP contribution is 2.66. The average Bonchev–Trinajstić information content (AvgIpc) is 2.82. The Morgan fingerprint density at radius 3 is 2.36 bits per heavy atom. The third-order valence-electron chi connectivity index (χ3n) is 3.76. The van der Waals surface area contributed by atoms with Crippen LogP contribution in [0.5, 0.6) is 0 Å². The van der Waals surface area contributed by atoms with Crippen molar-refractivity contribution in [1.82, 2.24) is 9.55 Å². The largest absolute Gasteiger partial charge is 0.490 e. The van der Waals surface area contributed by atoms with Gasteiger partial charge in [-0.1, -0.05) is 5.92 Å². The van der Waals surface area contributed by atoms with Gasteiger partial charge in [-0.3, -0.25) is 18.9 Å². The third-order valence-corrected chi connectivity index (χ3v) is 7.85. The number of aromatic nitrogens is 2. The van der Waals surface area contributed by atoms with Crippen LogP contribution in [0.1, 0.15) is 6.23 Å². The lowest BCUT2D eigenvalue weighted by Gasteiger charge is -2.27. The maximum absolute atomic E-state index is 15.2. The molecule has 6 atom stereocenters. The molecule has 0 amide bonds. The molecule has 0 radical (unpaired) electrons. The Bertz CT molecular complexity index is 1240. The minimum atomic E-state index is -5.94. The van der Waals surface area contributed by atoms with Crippen LogP contribution in [-0.4, -0.2) is 63.5 Å². The summed E-state index contributed by atoms with van der Waals surface area (Å²) in [6.45, 7) is -1.88. The number of halogens is 2. The Morgan fingerprint density at radius 1 is 1.27 bits per heavy atom. The average molecular weight is 560 g/mol. The first-order valence-corrected chi connectivity index (χ1v) is 12.7. The van der Waals surface area contributed by atoms with Crippen LogP contribution in [-0.2, 0) is 31.6 Å². The second kappa shape index (κ2) is 9.11. The molecule has 1 aliphatic heterocycles. The van der Waals surface area contributed by atoms with Crippen LogP contribution in [0.3, 0.4) is 0 Å². The molecule has 1 aliphatic rings. The molecule has 7 N–H and O–H groups in total. The second-order valence-corrected chi connectivity index (χ2v) is 10.9. The molecule has 0 aliphatic carbocycles. The van der Waals surface area contributed by atoms with Crippen molar-refractivity contribution in [2.45, 2.75) is 23.8 Å². The summed E-state index contributed by atoms with van der Waals surface area (Å²) in [5.41, 5.74) is -4.37. The van der Waals surface area contributed by atoms with E-state index in [2.05, 4.69) is 13.1 Å². The molecular formula is C11H13F2N2O14P3S. The standard InChI is InChI=1S/C11H13F2N2O14P3S/c1-2-10(18)7(17)11(13,27-8(10)15-3-5(12)6(16)14-9(15)33)4-26-31(22,23)29-32(24,25)28-30(19,20)21/h1,3,7-8,17-18H,4H2,(H,22,23)(H,24,25)(H,14,16,33)(H2,19,20,21). The molecule has 22 heteroatoms. The summed E-state index contributed by atoms with van der Waals surface area (Å²) >= 11 is 4.73. The number of phosphoric ester groups is 1. The predicted molar refractivity (Wildman–Crippen MR) is 99.4 cm³/mol. The minimum Gasteiger partial charge on any atom is -0.383 e. The predicted octanol–water partition coefficient (Wildman–Crippen LogP) is -0.692. The maximum atomic E-state index is 15.2. The lowest BCUT2D eigenvalue weighted by atomic mass is 9.94. The van der Waals surface area contributed by atoms with Crippen molar-refractivity contribution >= 4 is 35.7 Å². The molecule has 1 aromatic heterocycles. The van der Waals surface area contributed by atoms with Crippen LogP contribution in [0, 0.1) is 22.9 Å². The van der Waals surface area contributed by atoms with Gasteiger partial charge in [0.05, 0.1) is 6.20 Å². The highest BCUT2D eigenvalue weighted by atomic mass is 32.1. The molecule has 0 bridgehead atoms. The summed E-state index contributed by atoms with van der Waals surface area (Å²) in [6, 6.07) is 0. The van der Waals surface area contributed by atoms with Crippen molar-refractivity contribution in [1.29, 1.82) is 0 Å². The van der Waals surface area contributed by atoms with Crippen molar-refractivity contribution < 1.29 is 70.1 Å². The van der Waals surface area contributed by atoms with Crippen LogP contribution < -0.4 is 5.56 Å². The summed E-state index contributed by atoms with van der Waals surface area (Å²) in [6.07, 6.45) is 0.368. The van der Waals surface area contributed by atoms with Crippen LogP contribution in [0.15, 0.2) is 11.0 Å². The molecule has 0 saturated carbocycles. The van der Waals surface area contributed by atoms with E-state index < -0.39 is 70.0 Å². The van der Waals surface area contributed by atoms with Crippen molar-refractivity contribution in [3.05, 3.63) is 27.1 Å². The van der Waals surface area contributed by atoms with E-state index in [0.717, 1.165) is 0 Å². The zero-order valence-electron chi connectivity index (χ0n) is 15.4. The number of ether oxygens (including phenoxy) is 1. The summed E-state index contributed by atoms with van der Waals surface area (Å²) in [5, 5.41) is 20.7. The molecule has 186 valence electrons. The zero-order chi connectivity index (χ0) is 25.6. The fourth-order valence-electron chi connectivity index (χ4n) is 2.44. The number of rotatable bonds is 8. The third kappa shape index (κ3) is 6.28. The summed E-state index contributed by atoms with van der Waals surface area (Å²) < 4.78 is 77.9. The molecule has 6 unspecified atom stereocenters. The van der Waals surface area contributed by atoms with Gasteiger partial charge in [0.2, 0.25) is 11.4 Å². The number of aliphatic hydroxyl groups excluding tert-OH is 1. The lowest BCUT2D eigenvalue weighted by molar-refractivity contribution is -0.204. The number of phosphoric acid groups is 3. The number of hydrogen-bond acceptors (Lipinski definition) is 11.